The van der Waals surface area contributed by atoms with Gasteiger partial charge in [-0.3, -0.25) is 9.89 Å². The Labute approximate surface area is 203 Å². The lowest BCUT2D eigenvalue weighted by atomic mass is 10.1. The van der Waals surface area contributed by atoms with Crippen molar-refractivity contribution < 1.29 is 8.42 Å². The van der Waals surface area contributed by atoms with Crippen LogP contribution >= 0.6 is 24.0 Å². The summed E-state index contributed by atoms with van der Waals surface area (Å²) in [5.74, 6) is 0.854. The third kappa shape index (κ3) is 8.78. The molecule has 31 heavy (non-hydrogen) atoms. The molecule has 2 N–H and O–H groups in total. The first kappa shape index (κ1) is 25.6. The molecule has 0 spiro atoms. The zero-order valence-corrected chi connectivity index (χ0v) is 21.4. The van der Waals surface area contributed by atoms with E-state index < -0.39 is 9.84 Å². The van der Waals surface area contributed by atoms with Gasteiger partial charge in [0.2, 0.25) is 0 Å². The number of likely N-dealkylation sites (tertiary alicyclic amines) is 1. The van der Waals surface area contributed by atoms with Gasteiger partial charge in [0, 0.05) is 39.0 Å². The first-order valence-corrected chi connectivity index (χ1v) is 12.5. The van der Waals surface area contributed by atoms with E-state index in [9.17, 15) is 8.42 Å². The van der Waals surface area contributed by atoms with E-state index in [1.807, 2.05) is 24.3 Å². The van der Waals surface area contributed by atoms with E-state index in [1.165, 1.54) is 24.7 Å². The molecule has 2 aromatic rings. The van der Waals surface area contributed by atoms with Crippen LogP contribution in [0, 0.1) is 0 Å². The third-order valence-electron chi connectivity index (χ3n) is 5.37. The van der Waals surface area contributed by atoms with Gasteiger partial charge >= 0.3 is 0 Å². The van der Waals surface area contributed by atoms with Crippen molar-refractivity contribution in [3.8, 4) is 0 Å². The van der Waals surface area contributed by atoms with E-state index in [4.69, 9.17) is 0 Å². The maximum atomic E-state index is 11.4. The van der Waals surface area contributed by atoms with E-state index in [0.717, 1.165) is 36.7 Å². The molecule has 1 unspecified atom stereocenters. The van der Waals surface area contributed by atoms with Crippen LogP contribution in [0.4, 0.5) is 0 Å². The van der Waals surface area contributed by atoms with Gasteiger partial charge < -0.3 is 10.6 Å². The molecule has 1 heterocycles. The minimum Gasteiger partial charge on any atom is -0.355 e. The van der Waals surface area contributed by atoms with Crippen LogP contribution in [-0.4, -0.2) is 51.7 Å². The maximum Gasteiger partial charge on any atom is 0.191 e. The Morgan fingerprint density at radius 2 is 1.71 bits per heavy atom. The summed E-state index contributed by atoms with van der Waals surface area (Å²) in [4.78, 5) is 6.87. The Hall–Kier alpha value is -1.65. The highest BCUT2D eigenvalue weighted by Gasteiger charge is 2.24. The molecule has 1 aliphatic rings. The summed E-state index contributed by atoms with van der Waals surface area (Å²) >= 11 is 0. The van der Waals surface area contributed by atoms with Crippen molar-refractivity contribution in [3.63, 3.8) is 0 Å². The second-order valence-electron chi connectivity index (χ2n) is 7.95. The Kier molecular flexibility index (Phi) is 10.2. The fourth-order valence-electron chi connectivity index (χ4n) is 3.83. The van der Waals surface area contributed by atoms with Crippen molar-refractivity contribution in [2.75, 3.05) is 26.4 Å². The molecule has 0 aromatic heterocycles. The zero-order valence-electron chi connectivity index (χ0n) is 18.3. The van der Waals surface area contributed by atoms with Gasteiger partial charge in [0.1, 0.15) is 0 Å². The SMILES string of the molecule is CN=C(NCc1ccc(CS(C)(=O)=O)cc1)NCC1CCCN1Cc1ccccc1.I. The number of hydrogen-bond donors (Lipinski definition) is 2. The summed E-state index contributed by atoms with van der Waals surface area (Å²) in [5, 5.41) is 6.80. The molecule has 0 radical (unpaired) electrons. The number of rotatable bonds is 8. The number of hydrogen-bond acceptors (Lipinski definition) is 4. The molecule has 0 amide bonds. The number of nitrogens with zero attached hydrogens (tertiary/aromatic N) is 2. The van der Waals surface area contributed by atoms with Crippen LogP contribution in [-0.2, 0) is 28.7 Å². The van der Waals surface area contributed by atoms with Crippen LogP contribution in [0.5, 0.6) is 0 Å². The van der Waals surface area contributed by atoms with E-state index in [-0.39, 0.29) is 29.7 Å². The lowest BCUT2D eigenvalue weighted by Gasteiger charge is -2.25. The predicted octanol–water partition coefficient (Wildman–Crippen LogP) is 3.18. The predicted molar refractivity (Wildman–Crippen MR) is 138 cm³/mol. The van der Waals surface area contributed by atoms with Gasteiger partial charge in [0.05, 0.1) is 5.75 Å². The fourth-order valence-corrected chi connectivity index (χ4v) is 4.63. The molecule has 170 valence electrons. The Morgan fingerprint density at radius 1 is 1.03 bits per heavy atom. The molecule has 8 heteroatoms. The molecule has 6 nitrogen and oxygen atoms in total. The summed E-state index contributed by atoms with van der Waals surface area (Å²) in [5.41, 5.74) is 3.25. The fraction of sp³-hybridized carbons (Fsp3) is 0.435. The number of aliphatic imine (C=N–C) groups is 1. The third-order valence-corrected chi connectivity index (χ3v) is 6.23. The highest BCUT2D eigenvalue weighted by molar-refractivity contribution is 14.0. The quantitative estimate of drug-likeness (QED) is 0.297. The Bertz CT molecular complexity index is 934. The van der Waals surface area contributed by atoms with Gasteiger partial charge in [0.15, 0.2) is 15.8 Å². The van der Waals surface area contributed by atoms with E-state index in [0.29, 0.717) is 12.6 Å². The molecule has 3 rings (SSSR count). The number of halogens is 1. The summed E-state index contributed by atoms with van der Waals surface area (Å²) < 4.78 is 22.8. The van der Waals surface area contributed by atoms with Crippen LogP contribution in [0.15, 0.2) is 59.6 Å². The van der Waals surface area contributed by atoms with Crippen LogP contribution in [0.3, 0.4) is 0 Å². The Balaban J connectivity index is 0.00000341. The van der Waals surface area contributed by atoms with Gasteiger partial charge in [-0.25, -0.2) is 8.42 Å². The van der Waals surface area contributed by atoms with Crippen LogP contribution < -0.4 is 10.6 Å². The molecule has 0 saturated carbocycles. The van der Waals surface area contributed by atoms with Gasteiger partial charge in [-0.15, -0.1) is 24.0 Å². The number of nitrogens with one attached hydrogen (secondary N) is 2. The average Bonchev–Trinajstić information content (AvgIpc) is 3.16. The van der Waals surface area contributed by atoms with Crippen molar-refractivity contribution in [2.45, 2.75) is 37.7 Å². The lowest BCUT2D eigenvalue weighted by molar-refractivity contribution is 0.245. The average molecular weight is 557 g/mol. The number of benzene rings is 2. The molecular weight excluding hydrogens is 523 g/mol. The van der Waals surface area contributed by atoms with Crippen LogP contribution in [0.2, 0.25) is 0 Å². The molecule has 1 atom stereocenters. The van der Waals surface area contributed by atoms with Crippen molar-refractivity contribution in [2.24, 2.45) is 4.99 Å². The van der Waals surface area contributed by atoms with Crippen molar-refractivity contribution in [1.29, 1.82) is 0 Å². The van der Waals surface area contributed by atoms with Gasteiger partial charge in [-0.1, -0.05) is 54.6 Å². The summed E-state index contributed by atoms with van der Waals surface area (Å²) in [7, 11) is -1.23. The van der Waals surface area contributed by atoms with Crippen molar-refractivity contribution >= 4 is 39.8 Å². The molecule has 1 saturated heterocycles. The van der Waals surface area contributed by atoms with Crippen molar-refractivity contribution in [1.82, 2.24) is 15.5 Å². The van der Waals surface area contributed by atoms with E-state index in [1.54, 1.807) is 7.05 Å². The largest absolute Gasteiger partial charge is 0.355 e. The minimum atomic E-state index is -3.01. The molecule has 1 aliphatic heterocycles. The summed E-state index contributed by atoms with van der Waals surface area (Å²) in [6.45, 7) is 3.61. The van der Waals surface area contributed by atoms with Gasteiger partial charge in [-0.2, -0.15) is 0 Å². The second-order valence-corrected chi connectivity index (χ2v) is 10.1. The Morgan fingerprint density at radius 3 is 2.35 bits per heavy atom. The summed E-state index contributed by atoms with van der Waals surface area (Å²) in [6.07, 6.45) is 3.67. The molecule has 0 aliphatic carbocycles. The first-order chi connectivity index (χ1) is 14.4. The normalized spacial score (nSPS) is 17.2. The van der Waals surface area contributed by atoms with Gasteiger partial charge in [-0.05, 0) is 36.1 Å². The minimum absolute atomic E-state index is 0. The maximum absolute atomic E-state index is 11.4. The highest BCUT2D eigenvalue weighted by Crippen LogP contribution is 2.19. The van der Waals surface area contributed by atoms with Gasteiger partial charge in [0.25, 0.3) is 0 Å². The van der Waals surface area contributed by atoms with E-state index >= 15 is 0 Å². The highest BCUT2D eigenvalue weighted by atomic mass is 127. The lowest BCUT2D eigenvalue weighted by Crippen LogP contribution is -2.44. The number of sulfone groups is 1. The topological polar surface area (TPSA) is 73.8 Å². The van der Waals surface area contributed by atoms with Crippen LogP contribution in [0.25, 0.3) is 0 Å². The smallest absolute Gasteiger partial charge is 0.191 e. The van der Waals surface area contributed by atoms with E-state index in [2.05, 4.69) is 50.9 Å². The monoisotopic (exact) mass is 556 g/mol. The van der Waals surface area contributed by atoms with Crippen molar-refractivity contribution in [3.05, 3.63) is 71.3 Å². The number of guanidine groups is 1. The van der Waals surface area contributed by atoms with Crippen LogP contribution in [0.1, 0.15) is 29.5 Å². The molecular formula is C23H33IN4O2S. The summed E-state index contributed by atoms with van der Waals surface area (Å²) in [6, 6.07) is 18.8. The molecule has 1 fully saturated rings. The molecule has 0 bridgehead atoms. The zero-order chi connectivity index (χ0) is 21.4. The first-order valence-electron chi connectivity index (χ1n) is 10.4. The standard InChI is InChI=1S/C23H32N4O2S.HI/c1-24-23(25-15-19-10-12-21(13-11-19)18-30(2,28)29)26-16-22-9-6-14-27(22)17-20-7-4-3-5-8-20;/h3-5,7-8,10-13,22H,6,9,14-18H2,1-2H3,(H2,24,25,26);1H. The second kappa shape index (κ2) is 12.4. The molecule has 2 aromatic carbocycles.